The Morgan fingerprint density at radius 3 is 2.44 bits per heavy atom. The van der Waals surface area contributed by atoms with Gasteiger partial charge in [-0.05, 0) is 18.3 Å². The Balaban J connectivity index is 2.33. The van der Waals surface area contributed by atoms with Gasteiger partial charge < -0.3 is 4.42 Å². The Morgan fingerprint density at radius 1 is 1.28 bits per heavy atom. The quantitative estimate of drug-likeness (QED) is 0.813. The third-order valence-electron chi connectivity index (χ3n) is 3.69. The third-order valence-corrected chi connectivity index (χ3v) is 4.57. The van der Waals surface area contributed by atoms with Crippen molar-refractivity contribution in [1.82, 2.24) is 4.98 Å². The minimum atomic E-state index is -0.375. The van der Waals surface area contributed by atoms with Crippen molar-refractivity contribution in [2.45, 2.75) is 64.2 Å². The third kappa shape index (κ3) is 2.82. The highest BCUT2D eigenvalue weighted by molar-refractivity contribution is 6.21. The Morgan fingerprint density at radius 2 is 1.89 bits per heavy atom. The van der Waals surface area contributed by atoms with Crippen molar-refractivity contribution in [2.75, 3.05) is 0 Å². The van der Waals surface area contributed by atoms with Crippen LogP contribution in [0.15, 0.2) is 9.21 Å². The zero-order valence-electron chi connectivity index (χ0n) is 11.4. The van der Waals surface area contributed by atoms with Gasteiger partial charge in [0.05, 0.1) is 11.1 Å². The fourth-order valence-corrected chi connectivity index (χ4v) is 2.80. The first-order chi connectivity index (χ1) is 8.39. The lowest BCUT2D eigenvalue weighted by Crippen LogP contribution is -2.17. The highest BCUT2D eigenvalue weighted by Gasteiger charge is 2.32. The molecule has 0 spiro atoms. The lowest BCUT2D eigenvalue weighted by atomic mass is 9.83. The van der Waals surface area contributed by atoms with Gasteiger partial charge in [-0.2, -0.15) is 0 Å². The maximum absolute atomic E-state index is 11.5. The molecule has 0 aromatic carbocycles. The summed E-state index contributed by atoms with van der Waals surface area (Å²) in [6.07, 6.45) is 5.90. The van der Waals surface area contributed by atoms with Gasteiger partial charge in [0, 0.05) is 5.92 Å². The summed E-state index contributed by atoms with van der Waals surface area (Å²) in [4.78, 5) is 14.3. The predicted octanol–water partition coefficient (Wildman–Crippen LogP) is 4.34. The molecule has 1 N–H and O–H groups in total. The molecule has 0 radical (unpaired) electrons. The largest absolute Gasteiger partial charge is 0.416 e. The van der Waals surface area contributed by atoms with E-state index in [9.17, 15) is 4.79 Å². The van der Waals surface area contributed by atoms with Gasteiger partial charge in [0.1, 0.15) is 5.76 Å². The maximum Gasteiger partial charge on any atom is 0.416 e. The molecule has 1 heterocycles. The summed E-state index contributed by atoms with van der Waals surface area (Å²) >= 11 is 6.49. The van der Waals surface area contributed by atoms with Crippen LogP contribution in [0.5, 0.6) is 0 Å². The summed E-state index contributed by atoms with van der Waals surface area (Å²) < 4.78 is 5.37. The van der Waals surface area contributed by atoms with Gasteiger partial charge in [-0.15, -0.1) is 11.6 Å². The first kappa shape index (κ1) is 13.7. The number of H-pyrrole nitrogens is 1. The summed E-state index contributed by atoms with van der Waals surface area (Å²) in [6.45, 7) is 6.21. The fraction of sp³-hybridized carbons (Fsp3) is 0.786. The van der Waals surface area contributed by atoms with E-state index >= 15 is 0 Å². The van der Waals surface area contributed by atoms with Crippen molar-refractivity contribution in [1.29, 1.82) is 0 Å². The SMILES string of the molecule is CC(C)(C)C(Cl)c1[nH]c(=O)oc1C1CCCCC1. The van der Waals surface area contributed by atoms with Crippen LogP contribution >= 0.6 is 11.6 Å². The maximum atomic E-state index is 11.5. The molecule has 0 amide bonds. The average Bonchev–Trinajstić information content (AvgIpc) is 2.70. The highest BCUT2D eigenvalue weighted by Crippen LogP contribution is 2.42. The molecule has 0 aliphatic heterocycles. The first-order valence-electron chi connectivity index (χ1n) is 6.76. The molecule has 1 aromatic heterocycles. The molecule has 1 unspecified atom stereocenters. The number of hydrogen-bond donors (Lipinski definition) is 1. The van der Waals surface area contributed by atoms with Gasteiger partial charge >= 0.3 is 5.76 Å². The van der Waals surface area contributed by atoms with E-state index < -0.39 is 0 Å². The first-order valence-corrected chi connectivity index (χ1v) is 7.20. The van der Waals surface area contributed by atoms with Gasteiger partial charge in [-0.25, -0.2) is 4.79 Å². The van der Waals surface area contributed by atoms with Crippen molar-refractivity contribution in [3.63, 3.8) is 0 Å². The van der Waals surface area contributed by atoms with E-state index in [1.54, 1.807) is 0 Å². The number of aromatic amines is 1. The van der Waals surface area contributed by atoms with Crippen molar-refractivity contribution < 1.29 is 4.42 Å². The molecule has 1 saturated carbocycles. The molecule has 1 aliphatic carbocycles. The van der Waals surface area contributed by atoms with E-state index in [2.05, 4.69) is 25.8 Å². The van der Waals surface area contributed by atoms with Crippen LogP contribution in [0.4, 0.5) is 0 Å². The zero-order chi connectivity index (χ0) is 13.3. The molecule has 1 aromatic rings. The van der Waals surface area contributed by atoms with E-state index in [4.69, 9.17) is 16.0 Å². The number of oxazole rings is 1. The molecular formula is C14H22ClNO2. The minimum absolute atomic E-state index is 0.0994. The Bertz CT molecular complexity index is 449. The van der Waals surface area contributed by atoms with Crippen LogP contribution in [0.1, 0.15) is 75.6 Å². The van der Waals surface area contributed by atoms with Crippen LogP contribution in [-0.4, -0.2) is 4.98 Å². The van der Waals surface area contributed by atoms with E-state index in [1.807, 2.05) is 0 Å². The van der Waals surface area contributed by atoms with E-state index in [0.29, 0.717) is 5.92 Å². The number of rotatable bonds is 2. The normalized spacial score (nSPS) is 20.0. The molecule has 1 fully saturated rings. The molecule has 2 rings (SSSR count). The average molecular weight is 272 g/mol. The van der Waals surface area contributed by atoms with Gasteiger partial charge in [0.25, 0.3) is 0 Å². The molecule has 1 atom stereocenters. The second kappa shape index (κ2) is 5.12. The van der Waals surface area contributed by atoms with Crippen LogP contribution < -0.4 is 5.76 Å². The molecule has 1 aliphatic rings. The fourth-order valence-electron chi connectivity index (χ4n) is 2.64. The van der Waals surface area contributed by atoms with Crippen LogP contribution in [0.3, 0.4) is 0 Å². The van der Waals surface area contributed by atoms with Crippen molar-refractivity contribution in [3.8, 4) is 0 Å². The second-order valence-electron chi connectivity index (χ2n) is 6.36. The smallest absolute Gasteiger partial charge is 0.412 e. The second-order valence-corrected chi connectivity index (χ2v) is 6.79. The number of aromatic nitrogens is 1. The summed E-state index contributed by atoms with van der Waals surface area (Å²) in [5.74, 6) is 0.784. The number of nitrogens with one attached hydrogen (secondary N) is 1. The van der Waals surface area contributed by atoms with Crippen LogP contribution in [0.2, 0.25) is 0 Å². The lowest BCUT2D eigenvalue weighted by Gasteiger charge is -2.27. The summed E-state index contributed by atoms with van der Waals surface area (Å²) in [6, 6.07) is 0. The number of hydrogen-bond acceptors (Lipinski definition) is 2. The Kier molecular flexibility index (Phi) is 3.90. The van der Waals surface area contributed by atoms with Gasteiger partial charge in [0.2, 0.25) is 0 Å². The van der Waals surface area contributed by atoms with Crippen molar-refractivity contribution in [3.05, 3.63) is 22.0 Å². The summed E-state index contributed by atoms with van der Waals surface area (Å²) in [5, 5.41) is -0.221. The molecule has 0 saturated heterocycles. The number of alkyl halides is 1. The van der Waals surface area contributed by atoms with E-state index in [-0.39, 0.29) is 16.5 Å². The van der Waals surface area contributed by atoms with Gasteiger partial charge in [0.15, 0.2) is 0 Å². The van der Waals surface area contributed by atoms with Crippen molar-refractivity contribution >= 4 is 11.6 Å². The predicted molar refractivity (Wildman–Crippen MR) is 73.2 cm³/mol. The topological polar surface area (TPSA) is 46.0 Å². The summed E-state index contributed by atoms with van der Waals surface area (Å²) in [7, 11) is 0. The Hall–Kier alpha value is -0.700. The Labute approximate surface area is 113 Å². The van der Waals surface area contributed by atoms with Crippen LogP contribution in [-0.2, 0) is 0 Å². The van der Waals surface area contributed by atoms with E-state index in [0.717, 1.165) is 24.3 Å². The monoisotopic (exact) mass is 271 g/mol. The number of halogens is 1. The van der Waals surface area contributed by atoms with Gasteiger partial charge in [-0.1, -0.05) is 40.0 Å². The molecule has 18 heavy (non-hydrogen) atoms. The van der Waals surface area contributed by atoms with Crippen molar-refractivity contribution in [2.24, 2.45) is 5.41 Å². The molecule has 102 valence electrons. The van der Waals surface area contributed by atoms with Crippen LogP contribution in [0.25, 0.3) is 0 Å². The molecule has 4 heteroatoms. The zero-order valence-corrected chi connectivity index (χ0v) is 12.1. The standard InChI is InChI=1S/C14H22ClNO2/c1-14(2,3)12(15)10-11(18-13(17)16-10)9-7-5-4-6-8-9/h9,12H,4-8H2,1-3H3,(H,16,17). The molecule has 3 nitrogen and oxygen atoms in total. The minimum Gasteiger partial charge on any atom is -0.412 e. The molecule has 0 bridgehead atoms. The van der Waals surface area contributed by atoms with Crippen LogP contribution in [0, 0.1) is 5.41 Å². The van der Waals surface area contributed by atoms with E-state index in [1.165, 1.54) is 19.3 Å². The van der Waals surface area contributed by atoms with Gasteiger partial charge in [-0.3, -0.25) is 4.98 Å². The summed E-state index contributed by atoms with van der Waals surface area (Å²) in [5.41, 5.74) is 0.693. The molecular weight excluding hydrogens is 250 g/mol. The lowest BCUT2D eigenvalue weighted by molar-refractivity contribution is 0.347. The highest BCUT2D eigenvalue weighted by atomic mass is 35.5.